The first-order chi connectivity index (χ1) is 14.5. The second-order valence-corrected chi connectivity index (χ2v) is 7.13. The summed E-state index contributed by atoms with van der Waals surface area (Å²) in [5.41, 5.74) is 6.20. The molecule has 7 N–H and O–H groups in total. The highest BCUT2D eigenvalue weighted by atomic mass is 32.1. The van der Waals surface area contributed by atoms with Gasteiger partial charge in [-0.15, -0.1) is 0 Å². The first kappa shape index (κ1) is 25.9. The molecule has 0 bridgehead atoms. The number of carbonyl (C=O) groups excluding carboxylic acids is 3. The van der Waals surface area contributed by atoms with Crippen LogP contribution in [0.2, 0.25) is 0 Å². The molecule has 0 aliphatic rings. The van der Waals surface area contributed by atoms with Gasteiger partial charge in [0.2, 0.25) is 17.7 Å². The number of carboxylic acid groups (broad SMARTS) is 2. The molecule has 31 heavy (non-hydrogen) atoms. The molecule has 3 amide bonds. The van der Waals surface area contributed by atoms with Gasteiger partial charge in [0.1, 0.15) is 18.1 Å². The zero-order valence-corrected chi connectivity index (χ0v) is 17.7. The van der Waals surface area contributed by atoms with E-state index in [9.17, 15) is 29.1 Å². The van der Waals surface area contributed by atoms with E-state index >= 15 is 0 Å². The maximum Gasteiger partial charge on any atom is 0.326 e. The van der Waals surface area contributed by atoms with Crippen molar-refractivity contribution in [2.45, 2.75) is 43.9 Å². The summed E-state index contributed by atoms with van der Waals surface area (Å²) in [7, 11) is 0. The summed E-state index contributed by atoms with van der Waals surface area (Å²) in [6.45, 7) is 1.30. The Hall–Kier alpha value is -3.12. The molecule has 1 rings (SSSR count). The fourth-order valence-electron chi connectivity index (χ4n) is 2.47. The molecule has 0 aliphatic heterocycles. The lowest BCUT2D eigenvalue weighted by atomic mass is 10.1. The monoisotopic (exact) mass is 454 g/mol. The Kier molecular flexibility index (Phi) is 10.5. The number of carboxylic acids is 2. The minimum Gasteiger partial charge on any atom is -0.481 e. The first-order valence-corrected chi connectivity index (χ1v) is 9.94. The van der Waals surface area contributed by atoms with Crippen LogP contribution in [-0.2, 0) is 30.4 Å². The van der Waals surface area contributed by atoms with Gasteiger partial charge in [-0.2, -0.15) is 12.6 Å². The second-order valence-electron chi connectivity index (χ2n) is 6.77. The highest BCUT2D eigenvalue weighted by Crippen LogP contribution is 2.04. The number of nitrogens with one attached hydrogen (secondary N) is 3. The van der Waals surface area contributed by atoms with Crippen LogP contribution < -0.4 is 21.7 Å². The van der Waals surface area contributed by atoms with E-state index in [2.05, 4.69) is 28.6 Å². The molecule has 0 aromatic heterocycles. The fraction of sp³-hybridized carbons (Fsp3) is 0.421. The summed E-state index contributed by atoms with van der Waals surface area (Å²) in [6, 6.07) is 3.68. The molecule has 0 heterocycles. The molecule has 1 aromatic rings. The van der Waals surface area contributed by atoms with E-state index in [1.54, 1.807) is 30.3 Å². The normalized spacial score (nSPS) is 14.4. The fourth-order valence-corrected chi connectivity index (χ4v) is 2.64. The molecule has 12 heteroatoms. The van der Waals surface area contributed by atoms with Gasteiger partial charge in [-0.05, 0) is 12.5 Å². The molecule has 1 aromatic carbocycles. The number of thiol groups is 1. The molecule has 11 nitrogen and oxygen atoms in total. The number of hydrogen-bond donors (Lipinski definition) is 7. The average molecular weight is 455 g/mol. The number of aliphatic carboxylic acids is 2. The topological polar surface area (TPSA) is 188 Å². The zero-order valence-electron chi connectivity index (χ0n) is 16.8. The summed E-state index contributed by atoms with van der Waals surface area (Å²) >= 11 is 3.86. The minimum atomic E-state index is -1.48. The van der Waals surface area contributed by atoms with Crippen molar-refractivity contribution in [1.82, 2.24) is 16.0 Å². The molecule has 0 saturated heterocycles. The van der Waals surface area contributed by atoms with Crippen molar-refractivity contribution in [2.75, 3.05) is 5.75 Å². The Labute approximate surface area is 184 Å². The maximum atomic E-state index is 12.4. The summed E-state index contributed by atoms with van der Waals surface area (Å²) in [5, 5.41) is 25.2. The van der Waals surface area contributed by atoms with Crippen LogP contribution in [0.1, 0.15) is 18.9 Å². The molecule has 4 atom stereocenters. The quantitative estimate of drug-likeness (QED) is 0.186. The van der Waals surface area contributed by atoms with Crippen LogP contribution in [0.4, 0.5) is 0 Å². The van der Waals surface area contributed by atoms with Gasteiger partial charge in [-0.3, -0.25) is 19.2 Å². The Balaban J connectivity index is 2.77. The van der Waals surface area contributed by atoms with Crippen LogP contribution in [0, 0.1) is 0 Å². The Morgan fingerprint density at radius 3 is 2.03 bits per heavy atom. The summed E-state index contributed by atoms with van der Waals surface area (Å²) in [6.07, 6.45) is -0.709. The van der Waals surface area contributed by atoms with Crippen LogP contribution in [0.15, 0.2) is 30.3 Å². The summed E-state index contributed by atoms with van der Waals surface area (Å²) in [4.78, 5) is 59.2. The Morgan fingerprint density at radius 2 is 1.52 bits per heavy atom. The van der Waals surface area contributed by atoms with E-state index in [0.717, 1.165) is 0 Å². The molecular weight excluding hydrogens is 428 g/mol. The largest absolute Gasteiger partial charge is 0.481 e. The molecule has 0 saturated carbocycles. The van der Waals surface area contributed by atoms with Gasteiger partial charge in [0, 0.05) is 12.2 Å². The standard InChI is InChI=1S/C19H26N4O7S/c1-10(16(26)23-14(19(29)30)7-11-5-3-2-4-6-11)21-18(28)13(8-15(24)25)22-17(27)12(20)9-31/h2-6,10,12-14,31H,7-9,20H2,1H3,(H,21,28)(H,22,27)(H,23,26)(H,24,25)(H,29,30). The molecular formula is C19H26N4O7S. The van der Waals surface area contributed by atoms with Crippen molar-refractivity contribution in [3.63, 3.8) is 0 Å². The third-order valence-electron chi connectivity index (χ3n) is 4.19. The maximum absolute atomic E-state index is 12.4. The molecule has 0 spiro atoms. The number of amides is 3. The highest BCUT2D eigenvalue weighted by Gasteiger charge is 2.29. The van der Waals surface area contributed by atoms with Crippen molar-refractivity contribution in [3.8, 4) is 0 Å². The van der Waals surface area contributed by atoms with Gasteiger partial charge in [0.25, 0.3) is 0 Å². The Bertz CT molecular complexity index is 806. The average Bonchev–Trinajstić information content (AvgIpc) is 2.72. The third-order valence-corrected chi connectivity index (χ3v) is 4.59. The SMILES string of the molecule is CC(NC(=O)C(CC(=O)O)NC(=O)C(N)CS)C(=O)NC(Cc1ccccc1)C(=O)O. The molecule has 0 fully saturated rings. The van der Waals surface area contributed by atoms with E-state index in [4.69, 9.17) is 10.8 Å². The lowest BCUT2D eigenvalue weighted by molar-refractivity contribution is -0.143. The van der Waals surface area contributed by atoms with Crippen LogP contribution >= 0.6 is 12.6 Å². The second kappa shape index (κ2) is 12.5. The molecule has 0 aliphatic carbocycles. The van der Waals surface area contributed by atoms with Crippen molar-refractivity contribution >= 4 is 42.3 Å². The van der Waals surface area contributed by atoms with Crippen molar-refractivity contribution in [2.24, 2.45) is 5.73 Å². The number of carbonyl (C=O) groups is 5. The van der Waals surface area contributed by atoms with E-state index in [1.165, 1.54) is 6.92 Å². The van der Waals surface area contributed by atoms with Gasteiger partial charge in [-0.1, -0.05) is 30.3 Å². The number of benzene rings is 1. The molecule has 0 radical (unpaired) electrons. The minimum absolute atomic E-state index is 0.0238. The van der Waals surface area contributed by atoms with Crippen molar-refractivity contribution in [1.29, 1.82) is 0 Å². The third kappa shape index (κ3) is 9.05. The smallest absolute Gasteiger partial charge is 0.326 e. The van der Waals surface area contributed by atoms with E-state index < -0.39 is 60.2 Å². The molecule has 4 unspecified atom stereocenters. The van der Waals surface area contributed by atoms with Gasteiger partial charge < -0.3 is 31.9 Å². The summed E-state index contributed by atoms with van der Waals surface area (Å²) in [5.74, 6) is -5.13. The zero-order chi connectivity index (χ0) is 23.6. The number of hydrogen-bond acceptors (Lipinski definition) is 7. The summed E-state index contributed by atoms with van der Waals surface area (Å²) < 4.78 is 0. The number of rotatable bonds is 12. The van der Waals surface area contributed by atoms with Gasteiger partial charge >= 0.3 is 11.9 Å². The van der Waals surface area contributed by atoms with Crippen LogP contribution in [0.3, 0.4) is 0 Å². The predicted octanol–water partition coefficient (Wildman–Crippen LogP) is -1.48. The van der Waals surface area contributed by atoms with Crippen LogP contribution in [0.5, 0.6) is 0 Å². The van der Waals surface area contributed by atoms with Crippen molar-refractivity contribution < 1.29 is 34.2 Å². The lowest BCUT2D eigenvalue weighted by Crippen LogP contribution is -2.57. The Morgan fingerprint density at radius 1 is 0.935 bits per heavy atom. The van der Waals surface area contributed by atoms with E-state index in [-0.39, 0.29) is 12.2 Å². The van der Waals surface area contributed by atoms with Gasteiger partial charge in [0.05, 0.1) is 12.5 Å². The lowest BCUT2D eigenvalue weighted by Gasteiger charge is -2.22. The van der Waals surface area contributed by atoms with Gasteiger partial charge in [0.15, 0.2) is 0 Å². The number of nitrogens with two attached hydrogens (primary N) is 1. The van der Waals surface area contributed by atoms with Gasteiger partial charge in [-0.25, -0.2) is 4.79 Å². The van der Waals surface area contributed by atoms with Crippen LogP contribution in [0.25, 0.3) is 0 Å². The van der Waals surface area contributed by atoms with E-state index in [0.29, 0.717) is 5.56 Å². The van der Waals surface area contributed by atoms with Crippen molar-refractivity contribution in [3.05, 3.63) is 35.9 Å². The molecule has 170 valence electrons. The predicted molar refractivity (Wildman–Crippen MR) is 113 cm³/mol. The van der Waals surface area contributed by atoms with E-state index in [1.807, 2.05) is 0 Å². The highest BCUT2D eigenvalue weighted by molar-refractivity contribution is 7.80. The first-order valence-electron chi connectivity index (χ1n) is 9.31. The van der Waals surface area contributed by atoms with Crippen LogP contribution in [-0.4, -0.2) is 69.8 Å².